The van der Waals surface area contributed by atoms with E-state index in [2.05, 4.69) is 105 Å². The Morgan fingerprint density at radius 2 is 1.86 bits per heavy atom. The maximum atomic E-state index is 4.32. The summed E-state index contributed by atoms with van der Waals surface area (Å²) >= 11 is 0. The molecule has 2 heteroatoms. The van der Waals surface area contributed by atoms with Gasteiger partial charge in [0.15, 0.2) is 0 Å². The highest BCUT2D eigenvalue weighted by Gasteiger charge is 2.14. The van der Waals surface area contributed by atoms with Crippen molar-refractivity contribution in [1.82, 2.24) is 0 Å². The first-order valence-electron chi connectivity index (χ1n) is 9.74. The summed E-state index contributed by atoms with van der Waals surface area (Å²) in [7, 11) is 0. The van der Waals surface area contributed by atoms with Crippen molar-refractivity contribution < 1.29 is 0 Å². The summed E-state index contributed by atoms with van der Waals surface area (Å²) in [5.74, 6) is 0.478. The standard InChI is InChI=1S/C26H28N2/c1-19-9-12-23(17-19)21-7-6-8-22(14-13-21)25(28-27-5)18-20-10-15-24(16-11-20)26(2,3)4/h6,8-17,19H,5,18H2,1-4H3/b28-25+. The lowest BCUT2D eigenvalue weighted by Crippen LogP contribution is -2.11. The Balaban J connectivity index is 1.79. The van der Waals surface area contributed by atoms with Gasteiger partial charge in [-0.3, -0.25) is 0 Å². The van der Waals surface area contributed by atoms with Crippen LogP contribution < -0.4 is 0 Å². The van der Waals surface area contributed by atoms with Crippen molar-refractivity contribution in [2.45, 2.75) is 39.5 Å². The van der Waals surface area contributed by atoms with Gasteiger partial charge < -0.3 is 0 Å². The van der Waals surface area contributed by atoms with Crippen molar-refractivity contribution in [3.63, 3.8) is 0 Å². The zero-order valence-electron chi connectivity index (χ0n) is 17.2. The number of rotatable bonds is 5. The van der Waals surface area contributed by atoms with Gasteiger partial charge in [-0.25, -0.2) is 0 Å². The van der Waals surface area contributed by atoms with Gasteiger partial charge in [0.2, 0.25) is 0 Å². The van der Waals surface area contributed by atoms with Crippen LogP contribution in [0, 0.1) is 5.92 Å². The molecule has 142 valence electrons. The Bertz CT molecular complexity index is 964. The number of nitrogens with zero attached hydrogens (tertiary/aromatic N) is 2. The van der Waals surface area contributed by atoms with E-state index in [4.69, 9.17) is 0 Å². The first kappa shape index (κ1) is 19.8. The van der Waals surface area contributed by atoms with E-state index in [0.717, 1.165) is 16.9 Å². The lowest BCUT2D eigenvalue weighted by atomic mass is 9.86. The number of hydrogen-bond donors (Lipinski definition) is 0. The van der Waals surface area contributed by atoms with E-state index in [1.54, 1.807) is 0 Å². The Labute approximate surface area is 168 Å². The van der Waals surface area contributed by atoms with Crippen molar-refractivity contribution in [3.05, 3.63) is 100 Å². The van der Waals surface area contributed by atoms with Crippen LogP contribution in [0.15, 0.2) is 99.5 Å². The lowest BCUT2D eigenvalue weighted by Gasteiger charge is -2.19. The van der Waals surface area contributed by atoms with Crippen LogP contribution in [0.4, 0.5) is 0 Å². The fourth-order valence-electron chi connectivity index (χ4n) is 3.30. The molecule has 28 heavy (non-hydrogen) atoms. The molecule has 1 atom stereocenters. The van der Waals surface area contributed by atoms with Gasteiger partial charge in [0.1, 0.15) is 0 Å². The summed E-state index contributed by atoms with van der Waals surface area (Å²) in [4.78, 5) is 0. The van der Waals surface area contributed by atoms with E-state index in [1.807, 2.05) is 12.2 Å². The maximum Gasteiger partial charge on any atom is 0.0746 e. The molecular formula is C26H28N2. The number of benzene rings is 1. The molecule has 1 aromatic rings. The molecule has 0 aromatic heterocycles. The molecule has 1 aromatic carbocycles. The number of hydrogen-bond acceptors (Lipinski definition) is 2. The summed E-state index contributed by atoms with van der Waals surface area (Å²) in [6.07, 6.45) is 15.5. The minimum Gasteiger partial charge on any atom is -0.167 e. The molecule has 0 saturated heterocycles. The van der Waals surface area contributed by atoms with E-state index in [9.17, 15) is 0 Å². The van der Waals surface area contributed by atoms with Crippen molar-refractivity contribution in [2.75, 3.05) is 0 Å². The Morgan fingerprint density at radius 3 is 2.46 bits per heavy atom. The first-order valence-corrected chi connectivity index (χ1v) is 9.74. The van der Waals surface area contributed by atoms with E-state index in [1.165, 1.54) is 16.7 Å². The van der Waals surface area contributed by atoms with Crippen LogP contribution in [-0.4, -0.2) is 12.4 Å². The molecular weight excluding hydrogens is 340 g/mol. The summed E-state index contributed by atoms with van der Waals surface area (Å²) in [6.45, 7) is 12.4. The molecule has 2 aliphatic rings. The Hall–Kier alpha value is -2.96. The third-order valence-electron chi connectivity index (χ3n) is 4.98. The first-order chi connectivity index (χ1) is 13.4. The molecule has 2 nitrogen and oxygen atoms in total. The van der Waals surface area contributed by atoms with Crippen LogP contribution in [0.5, 0.6) is 0 Å². The molecule has 0 heterocycles. The fourth-order valence-corrected chi connectivity index (χ4v) is 3.30. The summed E-state index contributed by atoms with van der Waals surface area (Å²) in [5.41, 5.74) is 10.3. The van der Waals surface area contributed by atoms with Gasteiger partial charge in [-0.1, -0.05) is 76.3 Å². The normalized spacial score (nSPS) is 19.2. The second-order valence-electron chi connectivity index (χ2n) is 8.33. The molecule has 3 rings (SSSR count). The predicted octanol–water partition coefficient (Wildman–Crippen LogP) is 6.29. The zero-order valence-corrected chi connectivity index (χ0v) is 17.2. The van der Waals surface area contributed by atoms with Gasteiger partial charge in [-0.05, 0) is 51.8 Å². The summed E-state index contributed by atoms with van der Waals surface area (Å²) < 4.78 is 0. The van der Waals surface area contributed by atoms with Crippen LogP contribution in [0.3, 0.4) is 0 Å². The quantitative estimate of drug-likeness (QED) is 0.331. The monoisotopic (exact) mass is 368 g/mol. The van der Waals surface area contributed by atoms with Crippen LogP contribution in [0.25, 0.3) is 0 Å². The molecule has 0 N–H and O–H groups in total. The highest BCUT2D eigenvalue weighted by Crippen LogP contribution is 2.25. The number of allylic oxidation sites excluding steroid dienone is 9. The van der Waals surface area contributed by atoms with E-state index >= 15 is 0 Å². The predicted molar refractivity (Wildman–Crippen MR) is 121 cm³/mol. The van der Waals surface area contributed by atoms with Crippen molar-refractivity contribution in [2.24, 2.45) is 16.1 Å². The smallest absolute Gasteiger partial charge is 0.0746 e. The van der Waals surface area contributed by atoms with Gasteiger partial charge in [0.25, 0.3) is 0 Å². The molecule has 0 spiro atoms. The van der Waals surface area contributed by atoms with Crippen molar-refractivity contribution >= 4 is 12.4 Å². The molecule has 0 amide bonds. The van der Waals surface area contributed by atoms with Crippen LogP contribution in [0.1, 0.15) is 38.8 Å². The second kappa shape index (κ2) is 8.37. The van der Waals surface area contributed by atoms with Gasteiger partial charge in [-0.2, -0.15) is 10.2 Å². The molecule has 0 bridgehead atoms. The van der Waals surface area contributed by atoms with Gasteiger partial charge >= 0.3 is 0 Å². The molecule has 0 fully saturated rings. The highest BCUT2D eigenvalue weighted by molar-refractivity contribution is 6.04. The lowest BCUT2D eigenvalue weighted by molar-refractivity contribution is 0.590. The van der Waals surface area contributed by atoms with E-state index < -0.39 is 0 Å². The third kappa shape index (κ3) is 4.85. The van der Waals surface area contributed by atoms with Gasteiger partial charge in [0.05, 0.1) is 5.71 Å². The SMILES string of the molecule is C=N/N=C(\Cc1ccc(C(C)(C)C)cc1)C1=CC=C=C(C2=CC(C)C=C2)C=C1. The molecule has 0 saturated carbocycles. The maximum absolute atomic E-state index is 4.32. The highest BCUT2D eigenvalue weighted by atomic mass is 15.2. The van der Waals surface area contributed by atoms with Gasteiger partial charge in [0, 0.05) is 18.7 Å². The summed E-state index contributed by atoms with van der Waals surface area (Å²) in [6, 6.07) is 8.75. The largest absolute Gasteiger partial charge is 0.167 e. The topological polar surface area (TPSA) is 24.7 Å². The average Bonchev–Trinajstić information content (AvgIpc) is 2.94. The average molecular weight is 369 g/mol. The second-order valence-corrected chi connectivity index (χ2v) is 8.33. The van der Waals surface area contributed by atoms with E-state index in [-0.39, 0.29) is 5.41 Å². The van der Waals surface area contributed by atoms with Crippen molar-refractivity contribution in [1.29, 1.82) is 0 Å². The zero-order chi connectivity index (χ0) is 20.1. The Kier molecular flexibility index (Phi) is 5.92. The fraction of sp³-hybridized carbons (Fsp3) is 0.269. The summed E-state index contributed by atoms with van der Waals surface area (Å²) in [5, 5.41) is 8.12. The molecule has 2 aliphatic carbocycles. The third-order valence-corrected chi connectivity index (χ3v) is 4.98. The minimum absolute atomic E-state index is 0.151. The van der Waals surface area contributed by atoms with E-state index in [0.29, 0.717) is 12.3 Å². The van der Waals surface area contributed by atoms with Gasteiger partial charge in [-0.15, -0.1) is 5.73 Å². The molecule has 0 aliphatic heterocycles. The Morgan fingerprint density at radius 1 is 1.11 bits per heavy atom. The minimum atomic E-state index is 0.151. The molecule has 1 unspecified atom stereocenters. The van der Waals surface area contributed by atoms with Crippen LogP contribution in [-0.2, 0) is 11.8 Å². The van der Waals surface area contributed by atoms with Crippen LogP contribution >= 0.6 is 0 Å². The molecule has 0 radical (unpaired) electrons. The van der Waals surface area contributed by atoms with Crippen LogP contribution in [0.2, 0.25) is 0 Å². The van der Waals surface area contributed by atoms with Crippen molar-refractivity contribution in [3.8, 4) is 0 Å².